The van der Waals surface area contributed by atoms with Crippen molar-refractivity contribution in [2.45, 2.75) is 67.7 Å². The van der Waals surface area contributed by atoms with Crippen molar-refractivity contribution in [3.8, 4) is 11.5 Å². The molecule has 3 aromatic carbocycles. The number of halogens is 2. The molecule has 1 saturated heterocycles. The molecule has 2 heterocycles. The molecule has 2 aliphatic heterocycles. The van der Waals surface area contributed by atoms with Crippen LogP contribution in [0, 0.1) is 0 Å². The Morgan fingerprint density at radius 1 is 1.07 bits per heavy atom. The Balaban J connectivity index is 1.21. The average molecular weight is 594 g/mol. The molecule has 7 rings (SSSR count). The van der Waals surface area contributed by atoms with Crippen molar-refractivity contribution < 1.29 is 19.7 Å². The minimum Gasteiger partial charge on any atom is -0.504 e. The van der Waals surface area contributed by atoms with Gasteiger partial charge in [0.2, 0.25) is 5.91 Å². The number of benzene rings is 3. The summed E-state index contributed by atoms with van der Waals surface area (Å²) in [5.74, 6) is 0.537. The molecule has 0 radical (unpaired) electrons. The maximum atomic E-state index is 13.6. The summed E-state index contributed by atoms with van der Waals surface area (Å²) in [4.78, 5) is 17.8. The highest BCUT2D eigenvalue weighted by atomic mass is 35.5. The fraction of sp³-hybridized carbons (Fsp3) is 0.424. The predicted octanol–water partition coefficient (Wildman–Crippen LogP) is 5.17. The van der Waals surface area contributed by atoms with Gasteiger partial charge in [0, 0.05) is 25.2 Å². The van der Waals surface area contributed by atoms with Gasteiger partial charge < -0.3 is 19.8 Å². The van der Waals surface area contributed by atoms with E-state index < -0.39 is 17.1 Å². The second-order valence-corrected chi connectivity index (χ2v) is 13.0. The molecule has 3 aromatic rings. The number of likely N-dealkylation sites (N-methyl/N-ethyl adjacent to an activating group) is 1. The Hall–Kier alpha value is -2.77. The van der Waals surface area contributed by atoms with Gasteiger partial charge in [-0.05, 0) is 73.5 Å². The number of phenolic OH excluding ortho intramolecular Hbond substituents is 1. The SMILES string of the molecule is CN(C(=O)Cc1ccc(Cl)c(Cl)c1)[C@H]1CC[C@@]2(O)[C@H]3Cc4ccc(O)c5c4[C@@]2(CCN3CCc2ccccc2)[C@H]1O5. The van der Waals surface area contributed by atoms with Gasteiger partial charge in [0.1, 0.15) is 6.10 Å². The largest absolute Gasteiger partial charge is 0.504 e. The number of nitrogens with zero attached hydrogens (tertiary/aromatic N) is 2. The predicted molar refractivity (Wildman–Crippen MR) is 159 cm³/mol. The lowest BCUT2D eigenvalue weighted by molar-refractivity contribution is -0.199. The molecule has 2 fully saturated rings. The zero-order valence-corrected chi connectivity index (χ0v) is 24.5. The standard InChI is InChI=1S/C33H34Cl2N2O4/c1-36(28(39)18-21-7-9-23(34)24(35)17-21)25-11-13-33(40)27-19-22-8-10-26(38)30-29(22)32(33,31(25)41-30)14-16-37(27)15-12-20-5-3-2-4-6-20/h2-10,17,25,27,31,38,40H,11-16,18-19H2,1H3/t25-,27+,31-,32-,33+/m0/s1. The van der Waals surface area contributed by atoms with E-state index in [0.717, 1.165) is 36.2 Å². The summed E-state index contributed by atoms with van der Waals surface area (Å²) in [5, 5.41) is 24.6. The summed E-state index contributed by atoms with van der Waals surface area (Å²) in [6.07, 6.45) is 3.24. The number of carbonyl (C=O) groups is 1. The number of piperidine rings is 1. The van der Waals surface area contributed by atoms with Crippen LogP contribution in [0.3, 0.4) is 0 Å². The highest BCUT2D eigenvalue weighted by Gasteiger charge is 2.73. The number of phenols is 1. The van der Waals surface area contributed by atoms with Gasteiger partial charge in [0.15, 0.2) is 11.5 Å². The van der Waals surface area contributed by atoms with Crippen LogP contribution in [0.25, 0.3) is 0 Å². The molecule has 41 heavy (non-hydrogen) atoms. The van der Waals surface area contributed by atoms with Crippen molar-refractivity contribution in [2.24, 2.45) is 0 Å². The number of likely N-dealkylation sites (tertiary alicyclic amines) is 1. The number of hydrogen-bond acceptors (Lipinski definition) is 5. The number of rotatable bonds is 6. The summed E-state index contributed by atoms with van der Waals surface area (Å²) in [6.45, 7) is 1.69. The molecule has 2 N–H and O–H groups in total. The van der Waals surface area contributed by atoms with Crippen LogP contribution < -0.4 is 4.74 Å². The van der Waals surface area contributed by atoms with E-state index in [-0.39, 0.29) is 30.2 Å². The number of amides is 1. The lowest BCUT2D eigenvalue weighted by Gasteiger charge is -2.64. The second kappa shape index (κ2) is 9.91. The molecule has 2 bridgehead atoms. The van der Waals surface area contributed by atoms with E-state index in [1.54, 1.807) is 23.1 Å². The van der Waals surface area contributed by atoms with Gasteiger partial charge in [-0.1, -0.05) is 65.7 Å². The van der Waals surface area contributed by atoms with Gasteiger partial charge >= 0.3 is 0 Å². The number of aliphatic hydroxyl groups is 1. The van der Waals surface area contributed by atoms with Crippen LogP contribution in [0.15, 0.2) is 60.7 Å². The van der Waals surface area contributed by atoms with Gasteiger partial charge in [-0.2, -0.15) is 0 Å². The summed E-state index contributed by atoms with van der Waals surface area (Å²) >= 11 is 12.3. The maximum Gasteiger partial charge on any atom is 0.227 e. The first-order valence-electron chi connectivity index (χ1n) is 14.4. The fourth-order valence-corrected chi connectivity index (χ4v) is 8.64. The number of ether oxygens (including phenoxy) is 1. The van der Waals surface area contributed by atoms with Crippen LogP contribution in [-0.2, 0) is 29.5 Å². The molecule has 8 heteroatoms. The molecule has 5 atom stereocenters. The first-order chi connectivity index (χ1) is 19.7. The smallest absolute Gasteiger partial charge is 0.227 e. The van der Waals surface area contributed by atoms with Gasteiger partial charge in [-0.15, -0.1) is 0 Å². The van der Waals surface area contributed by atoms with Crippen molar-refractivity contribution in [1.29, 1.82) is 0 Å². The minimum absolute atomic E-state index is 0.0492. The molecule has 1 amide bonds. The van der Waals surface area contributed by atoms with Gasteiger partial charge in [0.05, 0.1) is 33.5 Å². The number of carbonyl (C=O) groups excluding carboxylic acids is 1. The molecule has 214 valence electrons. The van der Waals surface area contributed by atoms with Gasteiger partial charge in [0.25, 0.3) is 0 Å². The Kier molecular flexibility index (Phi) is 6.55. The van der Waals surface area contributed by atoms with Crippen molar-refractivity contribution in [1.82, 2.24) is 9.80 Å². The zero-order chi connectivity index (χ0) is 28.5. The van der Waals surface area contributed by atoms with Crippen LogP contribution in [0.5, 0.6) is 11.5 Å². The van der Waals surface area contributed by atoms with Crippen LogP contribution in [0.1, 0.15) is 41.5 Å². The van der Waals surface area contributed by atoms with Gasteiger partial charge in [-0.25, -0.2) is 0 Å². The van der Waals surface area contributed by atoms with E-state index in [1.807, 2.05) is 25.2 Å². The molecule has 0 unspecified atom stereocenters. The highest BCUT2D eigenvalue weighted by Crippen LogP contribution is 2.65. The molecule has 2 aliphatic carbocycles. The third kappa shape index (κ3) is 4.02. The van der Waals surface area contributed by atoms with Crippen molar-refractivity contribution in [2.75, 3.05) is 20.1 Å². The Bertz CT molecular complexity index is 1520. The van der Waals surface area contributed by atoms with Crippen molar-refractivity contribution >= 4 is 29.1 Å². The minimum atomic E-state index is -1.03. The number of hydrogen-bond donors (Lipinski definition) is 2. The maximum absolute atomic E-state index is 13.6. The number of aromatic hydroxyl groups is 1. The lowest BCUT2D eigenvalue weighted by Crippen LogP contribution is -2.78. The van der Waals surface area contributed by atoms with E-state index in [9.17, 15) is 15.0 Å². The third-order valence-electron chi connectivity index (χ3n) is 10.3. The van der Waals surface area contributed by atoms with Crippen molar-refractivity contribution in [3.63, 3.8) is 0 Å². The van der Waals surface area contributed by atoms with E-state index in [1.165, 1.54) is 5.56 Å². The fourth-order valence-electron chi connectivity index (χ4n) is 8.32. The van der Waals surface area contributed by atoms with Gasteiger partial charge in [-0.3, -0.25) is 9.69 Å². The van der Waals surface area contributed by atoms with E-state index in [0.29, 0.717) is 41.5 Å². The molecule has 1 spiro atoms. The van der Waals surface area contributed by atoms with Crippen LogP contribution in [-0.4, -0.2) is 69.8 Å². The first-order valence-corrected chi connectivity index (χ1v) is 15.2. The highest BCUT2D eigenvalue weighted by molar-refractivity contribution is 6.42. The molecule has 0 aromatic heterocycles. The summed E-state index contributed by atoms with van der Waals surface area (Å²) in [6, 6.07) is 19.1. The topological polar surface area (TPSA) is 73.2 Å². The molecule has 6 nitrogen and oxygen atoms in total. The van der Waals surface area contributed by atoms with Crippen LogP contribution in [0.4, 0.5) is 0 Å². The summed E-state index contributed by atoms with van der Waals surface area (Å²) < 4.78 is 6.65. The van der Waals surface area contributed by atoms with Crippen molar-refractivity contribution in [3.05, 3.63) is 93.0 Å². The average Bonchev–Trinajstić information content (AvgIpc) is 3.32. The molecular formula is C33H34Cl2N2O4. The normalized spacial score (nSPS) is 29.5. The summed E-state index contributed by atoms with van der Waals surface area (Å²) in [7, 11) is 1.83. The third-order valence-corrected chi connectivity index (χ3v) is 11.0. The monoisotopic (exact) mass is 592 g/mol. The van der Waals surface area contributed by atoms with E-state index >= 15 is 0 Å². The Labute approximate surface area is 250 Å². The Morgan fingerprint density at radius 2 is 1.88 bits per heavy atom. The molecule has 4 aliphatic rings. The zero-order valence-electron chi connectivity index (χ0n) is 23.0. The van der Waals surface area contributed by atoms with Crippen LogP contribution in [0.2, 0.25) is 10.0 Å². The quantitative estimate of drug-likeness (QED) is 0.413. The second-order valence-electron chi connectivity index (χ2n) is 12.2. The van der Waals surface area contributed by atoms with Crippen LogP contribution >= 0.6 is 23.2 Å². The first kappa shape index (κ1) is 27.1. The van der Waals surface area contributed by atoms with E-state index in [2.05, 4.69) is 29.2 Å². The summed E-state index contributed by atoms with van der Waals surface area (Å²) in [5.41, 5.74) is 2.45. The van der Waals surface area contributed by atoms with E-state index in [4.69, 9.17) is 27.9 Å². The lowest BCUT2D eigenvalue weighted by atomic mass is 9.48. The Morgan fingerprint density at radius 3 is 2.66 bits per heavy atom. The molecular weight excluding hydrogens is 559 g/mol. The molecule has 1 saturated carbocycles.